The average Bonchev–Trinajstić information content (AvgIpc) is 2.01. The highest BCUT2D eigenvalue weighted by molar-refractivity contribution is 8.00. The van der Waals surface area contributed by atoms with Gasteiger partial charge in [0.15, 0.2) is 5.16 Å². The predicted molar refractivity (Wildman–Crippen MR) is 41.8 cm³/mol. The molecule has 1 heterocycles. The van der Waals surface area contributed by atoms with E-state index in [2.05, 4.69) is 9.97 Å². The van der Waals surface area contributed by atoms with E-state index in [1.165, 1.54) is 12.3 Å². The molecule has 0 unspecified atom stereocenters. The maximum Gasteiger partial charge on any atom is 0.449 e. The van der Waals surface area contributed by atoms with Gasteiger partial charge in [0.05, 0.1) is 5.69 Å². The molecule has 72 valence electrons. The van der Waals surface area contributed by atoms with Crippen LogP contribution in [0.2, 0.25) is 0 Å². The minimum absolute atomic E-state index is 0.105. The molecule has 0 atom stereocenters. The second kappa shape index (κ2) is 3.93. The van der Waals surface area contributed by atoms with Gasteiger partial charge in [0.1, 0.15) is 0 Å². The number of aromatic nitrogens is 2. The average molecular weight is 209 g/mol. The Morgan fingerprint density at radius 3 is 2.69 bits per heavy atom. The summed E-state index contributed by atoms with van der Waals surface area (Å²) >= 11 is -0.348. The molecule has 0 bridgehead atoms. The minimum Gasteiger partial charge on any atom is -0.325 e. The quantitative estimate of drug-likeness (QED) is 0.593. The molecule has 0 amide bonds. The van der Waals surface area contributed by atoms with Crippen LogP contribution in [0, 0.1) is 0 Å². The van der Waals surface area contributed by atoms with Crippen LogP contribution < -0.4 is 5.73 Å². The third-order valence-corrected chi connectivity index (χ3v) is 1.72. The third-order valence-electron chi connectivity index (χ3n) is 1.11. The van der Waals surface area contributed by atoms with Gasteiger partial charge in [-0.15, -0.1) is 0 Å². The van der Waals surface area contributed by atoms with Crippen molar-refractivity contribution in [1.82, 2.24) is 9.97 Å². The Hall–Kier alpha value is -0.820. The normalized spacial score (nSPS) is 11.7. The molecule has 1 aromatic rings. The van der Waals surface area contributed by atoms with E-state index >= 15 is 0 Å². The van der Waals surface area contributed by atoms with Crippen LogP contribution in [-0.4, -0.2) is 15.5 Å². The molecular weight excluding hydrogens is 203 g/mol. The lowest BCUT2D eigenvalue weighted by Gasteiger charge is -2.03. The third kappa shape index (κ3) is 3.60. The van der Waals surface area contributed by atoms with Gasteiger partial charge in [0, 0.05) is 24.5 Å². The predicted octanol–water partition coefficient (Wildman–Crippen LogP) is 1.55. The van der Waals surface area contributed by atoms with Gasteiger partial charge in [0.2, 0.25) is 0 Å². The second-order valence-corrected chi connectivity index (χ2v) is 3.11. The van der Waals surface area contributed by atoms with Gasteiger partial charge >= 0.3 is 5.51 Å². The number of nitrogens with zero attached hydrogens (tertiary/aromatic N) is 2. The van der Waals surface area contributed by atoms with Crippen LogP contribution >= 0.6 is 11.8 Å². The molecule has 0 saturated heterocycles. The smallest absolute Gasteiger partial charge is 0.325 e. The summed E-state index contributed by atoms with van der Waals surface area (Å²) in [6.07, 6.45) is 1.25. The van der Waals surface area contributed by atoms with Crippen LogP contribution in [0.15, 0.2) is 17.4 Å². The van der Waals surface area contributed by atoms with E-state index in [4.69, 9.17) is 5.73 Å². The van der Waals surface area contributed by atoms with Gasteiger partial charge in [-0.3, -0.25) is 0 Å². The van der Waals surface area contributed by atoms with Crippen LogP contribution in [0.1, 0.15) is 5.69 Å². The summed E-state index contributed by atoms with van der Waals surface area (Å²) in [6, 6.07) is 1.47. The largest absolute Gasteiger partial charge is 0.449 e. The summed E-state index contributed by atoms with van der Waals surface area (Å²) in [5.41, 5.74) is 1.24. The van der Waals surface area contributed by atoms with Crippen molar-refractivity contribution < 1.29 is 13.2 Å². The Morgan fingerprint density at radius 2 is 2.15 bits per heavy atom. The van der Waals surface area contributed by atoms with Crippen molar-refractivity contribution in [2.75, 3.05) is 0 Å². The maximum atomic E-state index is 11.8. The highest BCUT2D eigenvalue weighted by Gasteiger charge is 2.30. The van der Waals surface area contributed by atoms with Crippen LogP contribution in [-0.2, 0) is 6.54 Å². The Labute approximate surface area is 76.6 Å². The zero-order chi connectivity index (χ0) is 9.90. The Balaban J connectivity index is 2.78. The van der Waals surface area contributed by atoms with E-state index in [-0.39, 0.29) is 23.5 Å². The van der Waals surface area contributed by atoms with Crippen LogP contribution in [0.3, 0.4) is 0 Å². The molecule has 0 spiro atoms. The SMILES string of the molecule is NCc1ccnc(SC(F)(F)F)n1. The van der Waals surface area contributed by atoms with E-state index in [9.17, 15) is 13.2 Å². The number of halogens is 3. The Bertz CT molecular complexity index is 289. The molecule has 1 rings (SSSR count). The first-order chi connectivity index (χ1) is 6.01. The number of hydrogen-bond donors (Lipinski definition) is 1. The van der Waals surface area contributed by atoms with Gasteiger partial charge in [-0.2, -0.15) is 13.2 Å². The van der Waals surface area contributed by atoms with E-state index < -0.39 is 5.51 Å². The van der Waals surface area contributed by atoms with Crippen LogP contribution in [0.25, 0.3) is 0 Å². The van der Waals surface area contributed by atoms with E-state index in [1.54, 1.807) is 0 Å². The first-order valence-corrected chi connectivity index (χ1v) is 4.10. The van der Waals surface area contributed by atoms with Gasteiger partial charge in [0.25, 0.3) is 0 Å². The summed E-state index contributed by atoms with van der Waals surface area (Å²) in [5, 5.41) is -0.324. The molecule has 0 fully saturated rings. The van der Waals surface area contributed by atoms with Crippen molar-refractivity contribution in [3.05, 3.63) is 18.0 Å². The van der Waals surface area contributed by atoms with Crippen molar-refractivity contribution in [2.24, 2.45) is 5.73 Å². The molecule has 3 nitrogen and oxygen atoms in total. The number of rotatable bonds is 2. The van der Waals surface area contributed by atoms with Crippen molar-refractivity contribution in [3.8, 4) is 0 Å². The molecule has 1 aromatic heterocycles. The molecule has 0 saturated carbocycles. The van der Waals surface area contributed by atoms with Crippen molar-refractivity contribution >= 4 is 11.8 Å². The lowest BCUT2D eigenvalue weighted by Crippen LogP contribution is -2.05. The fourth-order valence-electron chi connectivity index (χ4n) is 0.642. The first-order valence-electron chi connectivity index (χ1n) is 3.29. The summed E-state index contributed by atoms with van der Waals surface area (Å²) in [7, 11) is 0. The van der Waals surface area contributed by atoms with Crippen molar-refractivity contribution in [3.63, 3.8) is 0 Å². The maximum absolute atomic E-state index is 11.8. The fourth-order valence-corrected chi connectivity index (χ4v) is 1.13. The monoisotopic (exact) mass is 209 g/mol. The summed E-state index contributed by atoms with van der Waals surface area (Å²) < 4.78 is 35.5. The Kier molecular flexibility index (Phi) is 3.10. The lowest BCUT2D eigenvalue weighted by atomic mass is 10.4. The molecular formula is C6H6F3N3S. The van der Waals surface area contributed by atoms with Crippen LogP contribution in [0.5, 0.6) is 0 Å². The summed E-state index contributed by atoms with van der Waals surface area (Å²) in [5.74, 6) is 0. The second-order valence-electron chi connectivity index (χ2n) is 2.08. The molecule has 2 N–H and O–H groups in total. The van der Waals surface area contributed by atoms with Gasteiger partial charge < -0.3 is 5.73 Å². The van der Waals surface area contributed by atoms with Crippen LogP contribution in [0.4, 0.5) is 13.2 Å². The first kappa shape index (κ1) is 10.3. The van der Waals surface area contributed by atoms with Crippen molar-refractivity contribution in [1.29, 1.82) is 0 Å². The van der Waals surface area contributed by atoms with E-state index in [1.807, 2.05) is 0 Å². The molecule has 0 radical (unpaired) electrons. The molecule has 13 heavy (non-hydrogen) atoms. The number of thioether (sulfide) groups is 1. The zero-order valence-corrected chi connectivity index (χ0v) is 7.19. The molecule has 0 aliphatic carbocycles. The van der Waals surface area contributed by atoms with Gasteiger partial charge in [-0.25, -0.2) is 9.97 Å². The van der Waals surface area contributed by atoms with E-state index in [0.717, 1.165) is 0 Å². The molecule has 0 aromatic carbocycles. The van der Waals surface area contributed by atoms with Gasteiger partial charge in [-0.05, 0) is 6.07 Å². The number of hydrogen-bond acceptors (Lipinski definition) is 4. The summed E-state index contributed by atoms with van der Waals surface area (Å²) in [4.78, 5) is 7.03. The highest BCUT2D eigenvalue weighted by atomic mass is 32.2. The molecule has 0 aliphatic rings. The number of alkyl halides is 3. The fraction of sp³-hybridized carbons (Fsp3) is 0.333. The Morgan fingerprint density at radius 1 is 1.46 bits per heavy atom. The molecule has 7 heteroatoms. The number of nitrogens with two attached hydrogens (primary N) is 1. The standard InChI is InChI=1S/C6H6F3N3S/c7-6(8,9)13-5-11-2-1-4(3-10)12-5/h1-2H,3,10H2. The topological polar surface area (TPSA) is 51.8 Å². The van der Waals surface area contributed by atoms with Gasteiger partial charge in [-0.1, -0.05) is 0 Å². The highest BCUT2D eigenvalue weighted by Crippen LogP contribution is 2.34. The van der Waals surface area contributed by atoms with E-state index in [0.29, 0.717) is 5.69 Å². The van der Waals surface area contributed by atoms with Crippen molar-refractivity contribution in [2.45, 2.75) is 17.2 Å². The summed E-state index contributed by atoms with van der Waals surface area (Å²) in [6.45, 7) is 0.105. The zero-order valence-electron chi connectivity index (χ0n) is 6.38. The molecule has 0 aliphatic heterocycles. The minimum atomic E-state index is -4.35. The lowest BCUT2D eigenvalue weighted by molar-refractivity contribution is -0.0331.